The van der Waals surface area contributed by atoms with Gasteiger partial charge in [0.2, 0.25) is 0 Å². The molecule has 0 saturated heterocycles. The number of carbonyl (C=O) groups is 1. The number of halogens is 2. The Hall–Kier alpha value is -1.43. The molecule has 0 bridgehead atoms. The van der Waals surface area contributed by atoms with Crippen molar-refractivity contribution < 1.29 is 13.2 Å². The van der Waals surface area contributed by atoms with Gasteiger partial charge in [-0.2, -0.15) is 0 Å². The largest absolute Gasteiger partial charge is 0.289 e. The molecule has 21 heavy (non-hydrogen) atoms. The van der Waals surface area contributed by atoms with Crippen LogP contribution in [0.15, 0.2) is 69.4 Å². The number of ketones is 1. The van der Waals surface area contributed by atoms with Crippen LogP contribution in [0.2, 0.25) is 5.02 Å². The van der Waals surface area contributed by atoms with E-state index in [-0.39, 0.29) is 4.90 Å². The summed E-state index contributed by atoms with van der Waals surface area (Å²) >= 11 is 8.96. The van der Waals surface area contributed by atoms with Crippen LogP contribution in [0, 0.1) is 0 Å². The molecule has 0 saturated carbocycles. The highest BCUT2D eigenvalue weighted by Crippen LogP contribution is 2.17. The highest BCUT2D eigenvalue weighted by atomic mass is 79.9. The fraction of sp³-hybridized carbons (Fsp3) is 0. The van der Waals surface area contributed by atoms with Crippen molar-refractivity contribution in [2.24, 2.45) is 0 Å². The van der Waals surface area contributed by atoms with Gasteiger partial charge < -0.3 is 0 Å². The number of sulfone groups is 1. The molecule has 0 spiro atoms. The first-order valence-electron chi connectivity index (χ1n) is 5.87. The number of carbonyl (C=O) groups excluding carboxylic acids is 1. The van der Waals surface area contributed by atoms with Gasteiger partial charge >= 0.3 is 0 Å². The first-order valence-corrected chi connectivity index (χ1v) is 8.59. The summed E-state index contributed by atoms with van der Waals surface area (Å²) in [5.74, 6) is -0.396. The normalized spacial score (nSPS) is 11.7. The summed E-state index contributed by atoms with van der Waals surface area (Å²) < 4.78 is 24.9. The molecule has 0 heterocycles. The molecule has 0 aromatic heterocycles. The maximum absolute atomic E-state index is 12.1. The third kappa shape index (κ3) is 4.27. The smallest absolute Gasteiger partial charge is 0.199 e. The predicted molar refractivity (Wildman–Crippen MR) is 86.3 cm³/mol. The van der Waals surface area contributed by atoms with E-state index in [1.54, 1.807) is 36.4 Å². The van der Waals surface area contributed by atoms with E-state index in [4.69, 9.17) is 11.6 Å². The van der Waals surface area contributed by atoms with E-state index >= 15 is 0 Å². The highest BCUT2D eigenvalue weighted by Gasteiger charge is 2.11. The minimum atomic E-state index is -3.64. The minimum absolute atomic E-state index is 0.130. The number of hydrogen-bond acceptors (Lipinski definition) is 3. The van der Waals surface area contributed by atoms with Crippen LogP contribution in [0.5, 0.6) is 0 Å². The summed E-state index contributed by atoms with van der Waals surface area (Å²) in [5, 5.41) is 1.42. The summed E-state index contributed by atoms with van der Waals surface area (Å²) in [7, 11) is -3.64. The van der Waals surface area contributed by atoms with Crippen LogP contribution in [-0.4, -0.2) is 14.2 Å². The molecule has 0 aliphatic rings. The van der Waals surface area contributed by atoms with E-state index in [1.807, 2.05) is 0 Å². The van der Waals surface area contributed by atoms with Gasteiger partial charge in [0.15, 0.2) is 15.6 Å². The van der Waals surface area contributed by atoms with Crippen molar-refractivity contribution in [2.45, 2.75) is 4.90 Å². The average molecular weight is 386 g/mol. The predicted octanol–water partition coefficient (Wildman–Crippen LogP) is 4.27. The zero-order chi connectivity index (χ0) is 15.5. The summed E-state index contributed by atoms with van der Waals surface area (Å²) in [6.45, 7) is 0. The third-order valence-electron chi connectivity index (χ3n) is 2.67. The van der Waals surface area contributed by atoms with Gasteiger partial charge in [-0.1, -0.05) is 27.5 Å². The fourth-order valence-corrected chi connectivity index (χ4v) is 2.93. The lowest BCUT2D eigenvalue weighted by molar-refractivity contribution is 0.104. The summed E-state index contributed by atoms with van der Waals surface area (Å²) in [6.07, 6.45) is 1.04. The Balaban J connectivity index is 2.21. The summed E-state index contributed by atoms with van der Waals surface area (Å²) in [5.41, 5.74) is 0.377. The van der Waals surface area contributed by atoms with Crippen LogP contribution in [0.1, 0.15) is 10.4 Å². The second-order valence-corrected chi connectivity index (χ2v) is 7.36. The maximum Gasteiger partial charge on any atom is 0.199 e. The lowest BCUT2D eigenvalue weighted by Gasteiger charge is -1.99. The fourth-order valence-electron chi connectivity index (χ4n) is 1.56. The second kappa shape index (κ2) is 6.56. The van der Waals surface area contributed by atoms with E-state index in [1.165, 1.54) is 12.1 Å². The Kier molecular flexibility index (Phi) is 4.98. The number of hydrogen-bond donors (Lipinski definition) is 0. The molecule has 0 radical (unpaired) electrons. The maximum atomic E-state index is 12.1. The van der Waals surface area contributed by atoms with Crippen molar-refractivity contribution >= 4 is 43.2 Å². The molecule has 0 aliphatic heterocycles. The Labute approximate surface area is 136 Å². The van der Waals surface area contributed by atoms with Crippen molar-refractivity contribution in [3.05, 3.63) is 75.1 Å². The van der Waals surface area contributed by atoms with E-state index in [0.29, 0.717) is 10.6 Å². The van der Waals surface area contributed by atoms with Crippen molar-refractivity contribution in [3.8, 4) is 0 Å². The first-order chi connectivity index (χ1) is 9.88. The molecule has 6 heteroatoms. The molecule has 0 unspecified atom stereocenters. The van der Waals surface area contributed by atoms with Gasteiger partial charge in [-0.3, -0.25) is 4.79 Å². The van der Waals surface area contributed by atoms with Gasteiger partial charge in [-0.05, 0) is 54.6 Å². The molecule has 108 valence electrons. The SMILES string of the molecule is O=C(C=CS(=O)(=O)c1ccc(Br)cc1)c1ccc(Cl)cc1. The van der Waals surface area contributed by atoms with Crippen LogP contribution in [0.4, 0.5) is 0 Å². The quantitative estimate of drug-likeness (QED) is 0.583. The first kappa shape index (κ1) is 15.9. The molecule has 2 aromatic carbocycles. The van der Waals surface area contributed by atoms with Crippen LogP contribution >= 0.6 is 27.5 Å². The van der Waals surface area contributed by atoms with Crippen LogP contribution in [0.3, 0.4) is 0 Å². The lowest BCUT2D eigenvalue weighted by atomic mass is 10.1. The van der Waals surface area contributed by atoms with Gasteiger partial charge in [0.05, 0.1) is 4.90 Å². The second-order valence-electron chi connectivity index (χ2n) is 4.17. The highest BCUT2D eigenvalue weighted by molar-refractivity contribution is 9.10. The van der Waals surface area contributed by atoms with Crippen molar-refractivity contribution in [1.82, 2.24) is 0 Å². The molecule has 0 fully saturated rings. The number of allylic oxidation sites excluding steroid dienone is 1. The minimum Gasteiger partial charge on any atom is -0.289 e. The van der Waals surface area contributed by atoms with Gasteiger partial charge in [0.25, 0.3) is 0 Å². The molecular weight excluding hydrogens is 376 g/mol. The van der Waals surface area contributed by atoms with E-state index in [2.05, 4.69) is 15.9 Å². The zero-order valence-electron chi connectivity index (χ0n) is 10.7. The van der Waals surface area contributed by atoms with Crippen LogP contribution < -0.4 is 0 Å². The zero-order valence-corrected chi connectivity index (χ0v) is 13.8. The summed E-state index contributed by atoms with van der Waals surface area (Å²) in [4.78, 5) is 12.0. The number of benzene rings is 2. The third-order valence-corrected chi connectivity index (χ3v) is 4.87. The number of rotatable bonds is 4. The van der Waals surface area contributed by atoms with Gasteiger partial charge in [0.1, 0.15) is 0 Å². The molecule has 3 nitrogen and oxygen atoms in total. The Bertz CT molecular complexity index is 779. The topological polar surface area (TPSA) is 51.2 Å². The Morgan fingerprint density at radius 1 is 1.00 bits per heavy atom. The summed E-state index contributed by atoms with van der Waals surface area (Å²) in [6, 6.07) is 12.4. The van der Waals surface area contributed by atoms with E-state index in [0.717, 1.165) is 16.0 Å². The van der Waals surface area contributed by atoms with Gasteiger partial charge in [-0.25, -0.2) is 8.42 Å². The molecule has 0 atom stereocenters. The Morgan fingerprint density at radius 2 is 1.57 bits per heavy atom. The molecular formula is C15H10BrClO3S. The monoisotopic (exact) mass is 384 g/mol. The molecule has 0 aliphatic carbocycles. The average Bonchev–Trinajstić information content (AvgIpc) is 2.46. The van der Waals surface area contributed by atoms with E-state index in [9.17, 15) is 13.2 Å². The van der Waals surface area contributed by atoms with Crippen molar-refractivity contribution in [3.63, 3.8) is 0 Å². The molecule has 2 rings (SSSR count). The van der Waals surface area contributed by atoms with Crippen molar-refractivity contribution in [1.29, 1.82) is 0 Å². The van der Waals surface area contributed by atoms with Crippen molar-refractivity contribution in [2.75, 3.05) is 0 Å². The Morgan fingerprint density at radius 3 is 2.14 bits per heavy atom. The van der Waals surface area contributed by atoms with Crippen LogP contribution in [-0.2, 0) is 9.84 Å². The van der Waals surface area contributed by atoms with Gasteiger partial charge in [-0.15, -0.1) is 0 Å². The van der Waals surface area contributed by atoms with E-state index < -0.39 is 15.6 Å². The molecule has 0 N–H and O–H groups in total. The van der Waals surface area contributed by atoms with Gasteiger partial charge in [0, 0.05) is 20.5 Å². The van der Waals surface area contributed by atoms with Crippen LogP contribution in [0.25, 0.3) is 0 Å². The molecule has 0 amide bonds. The standard InChI is InChI=1S/C15H10BrClO3S/c16-12-3-7-14(8-4-12)21(19,20)10-9-15(18)11-1-5-13(17)6-2-11/h1-10H. The molecule has 2 aromatic rings. The lowest BCUT2D eigenvalue weighted by Crippen LogP contribution is -1.99.